The normalized spacial score (nSPS) is 19.7. The third-order valence-electron chi connectivity index (χ3n) is 3.18. The van der Waals surface area contributed by atoms with Crippen LogP contribution in [0.15, 0.2) is 10.8 Å². The van der Waals surface area contributed by atoms with Gasteiger partial charge in [0.25, 0.3) is 5.91 Å². The number of aryl methyl sites for hydroxylation is 1. The van der Waals surface area contributed by atoms with Crippen LogP contribution in [0, 0.1) is 6.92 Å². The Morgan fingerprint density at radius 3 is 2.89 bits per heavy atom. The van der Waals surface area contributed by atoms with E-state index >= 15 is 0 Å². The lowest BCUT2D eigenvalue weighted by atomic mass is 10.0. The van der Waals surface area contributed by atoms with E-state index in [1.54, 1.807) is 6.92 Å². The molecule has 0 saturated carbocycles. The first kappa shape index (κ1) is 12.6. The molecule has 98 valence electrons. The first-order valence-corrected chi connectivity index (χ1v) is 5.94. The van der Waals surface area contributed by atoms with Gasteiger partial charge in [0.1, 0.15) is 6.04 Å². The Morgan fingerprint density at radius 2 is 2.28 bits per heavy atom. The summed E-state index contributed by atoms with van der Waals surface area (Å²) in [4.78, 5) is 29.4. The Labute approximate surface area is 105 Å². The van der Waals surface area contributed by atoms with Crippen molar-refractivity contribution in [3.63, 3.8) is 0 Å². The molecule has 18 heavy (non-hydrogen) atoms. The van der Waals surface area contributed by atoms with Crippen LogP contribution in [0.3, 0.4) is 0 Å². The lowest BCUT2D eigenvalue weighted by Gasteiger charge is -2.33. The van der Waals surface area contributed by atoms with Crippen LogP contribution < -0.4 is 0 Å². The lowest BCUT2D eigenvalue weighted by molar-refractivity contribution is -0.147. The number of nitrogens with zero attached hydrogens (tertiary/aromatic N) is 2. The number of oxazole rings is 1. The Morgan fingerprint density at radius 1 is 1.50 bits per heavy atom. The van der Waals surface area contributed by atoms with Crippen LogP contribution in [-0.2, 0) is 9.53 Å². The van der Waals surface area contributed by atoms with E-state index in [1.807, 2.05) is 0 Å². The minimum Gasteiger partial charge on any atom is -0.467 e. The van der Waals surface area contributed by atoms with Gasteiger partial charge in [0.05, 0.1) is 12.8 Å². The van der Waals surface area contributed by atoms with E-state index < -0.39 is 6.04 Å². The Balaban J connectivity index is 2.21. The summed E-state index contributed by atoms with van der Waals surface area (Å²) in [6.45, 7) is 2.24. The number of carbonyl (C=O) groups is 2. The average molecular weight is 252 g/mol. The van der Waals surface area contributed by atoms with E-state index in [0.717, 1.165) is 12.8 Å². The molecule has 1 amide bonds. The molecule has 2 heterocycles. The van der Waals surface area contributed by atoms with E-state index in [2.05, 4.69) is 4.98 Å². The third kappa shape index (κ3) is 2.23. The van der Waals surface area contributed by atoms with Gasteiger partial charge in [-0.3, -0.25) is 4.79 Å². The smallest absolute Gasteiger partial charge is 0.328 e. The molecule has 1 aromatic rings. The molecular weight excluding hydrogens is 236 g/mol. The van der Waals surface area contributed by atoms with Crippen LogP contribution in [0.5, 0.6) is 0 Å². The highest BCUT2D eigenvalue weighted by Crippen LogP contribution is 2.21. The van der Waals surface area contributed by atoms with Crippen molar-refractivity contribution in [2.45, 2.75) is 32.2 Å². The number of rotatable bonds is 2. The molecule has 1 aliphatic rings. The summed E-state index contributed by atoms with van der Waals surface area (Å²) in [6.07, 6.45) is 3.66. The fourth-order valence-corrected chi connectivity index (χ4v) is 2.19. The molecule has 1 aliphatic heterocycles. The van der Waals surface area contributed by atoms with Crippen molar-refractivity contribution in [3.8, 4) is 0 Å². The molecule has 6 nitrogen and oxygen atoms in total. The number of hydrogen-bond donors (Lipinski definition) is 0. The van der Waals surface area contributed by atoms with Crippen molar-refractivity contribution < 1.29 is 18.7 Å². The Kier molecular flexibility index (Phi) is 3.64. The van der Waals surface area contributed by atoms with Gasteiger partial charge in [-0.05, 0) is 26.2 Å². The molecule has 1 saturated heterocycles. The molecule has 6 heteroatoms. The van der Waals surface area contributed by atoms with Crippen molar-refractivity contribution in [2.75, 3.05) is 13.7 Å². The van der Waals surface area contributed by atoms with E-state index in [4.69, 9.17) is 9.15 Å². The third-order valence-corrected chi connectivity index (χ3v) is 3.18. The highest BCUT2D eigenvalue weighted by Gasteiger charge is 2.35. The van der Waals surface area contributed by atoms with E-state index in [0.29, 0.717) is 18.7 Å². The van der Waals surface area contributed by atoms with Gasteiger partial charge in [0.15, 0.2) is 6.39 Å². The second kappa shape index (κ2) is 5.20. The van der Waals surface area contributed by atoms with Gasteiger partial charge in [0, 0.05) is 6.54 Å². The number of esters is 1. The zero-order chi connectivity index (χ0) is 13.1. The second-order valence-corrected chi connectivity index (χ2v) is 4.30. The number of aromatic nitrogens is 1. The molecule has 0 aromatic carbocycles. The van der Waals surface area contributed by atoms with Crippen LogP contribution in [-0.4, -0.2) is 41.5 Å². The van der Waals surface area contributed by atoms with Crippen LogP contribution in [0.1, 0.15) is 35.5 Å². The van der Waals surface area contributed by atoms with Gasteiger partial charge in [0.2, 0.25) is 5.76 Å². The van der Waals surface area contributed by atoms with Gasteiger partial charge in [-0.1, -0.05) is 0 Å². The van der Waals surface area contributed by atoms with Crippen LogP contribution in [0.25, 0.3) is 0 Å². The highest BCUT2D eigenvalue weighted by molar-refractivity contribution is 5.95. The summed E-state index contributed by atoms with van der Waals surface area (Å²) < 4.78 is 9.83. The van der Waals surface area contributed by atoms with Gasteiger partial charge in [-0.25, -0.2) is 9.78 Å². The molecular formula is C12H16N2O4. The van der Waals surface area contributed by atoms with Crippen molar-refractivity contribution in [2.24, 2.45) is 0 Å². The predicted molar refractivity (Wildman–Crippen MR) is 61.9 cm³/mol. The van der Waals surface area contributed by atoms with E-state index in [-0.39, 0.29) is 17.6 Å². The number of methoxy groups -OCH3 is 1. The molecule has 1 aromatic heterocycles. The maximum atomic E-state index is 12.3. The first-order valence-electron chi connectivity index (χ1n) is 5.94. The van der Waals surface area contributed by atoms with Crippen LogP contribution >= 0.6 is 0 Å². The summed E-state index contributed by atoms with van der Waals surface area (Å²) in [6, 6.07) is -0.513. The summed E-state index contributed by atoms with van der Waals surface area (Å²) in [5.41, 5.74) is 0.536. The number of hydrogen-bond acceptors (Lipinski definition) is 5. The number of piperidine rings is 1. The average Bonchev–Trinajstić information content (AvgIpc) is 2.83. The first-order chi connectivity index (χ1) is 8.65. The molecule has 0 spiro atoms. The predicted octanol–water partition coefficient (Wildman–Crippen LogP) is 1.15. The standard InChI is InChI=1S/C12H16N2O4/c1-8-10(18-7-13-8)11(15)14-6-4-3-5-9(14)12(16)17-2/h7,9H,3-6H2,1-2H3. The molecule has 0 N–H and O–H groups in total. The Bertz CT molecular complexity index is 455. The maximum absolute atomic E-state index is 12.3. The van der Waals surface area contributed by atoms with Crippen molar-refractivity contribution in [1.29, 1.82) is 0 Å². The Hall–Kier alpha value is -1.85. The SMILES string of the molecule is COC(=O)C1CCCCN1C(=O)c1ocnc1C. The quantitative estimate of drug-likeness (QED) is 0.738. The molecule has 0 aliphatic carbocycles. The number of likely N-dealkylation sites (tertiary alicyclic amines) is 1. The minimum absolute atomic E-state index is 0.200. The van der Waals surface area contributed by atoms with E-state index in [9.17, 15) is 9.59 Å². The second-order valence-electron chi connectivity index (χ2n) is 4.30. The van der Waals surface area contributed by atoms with Gasteiger partial charge >= 0.3 is 5.97 Å². The lowest BCUT2D eigenvalue weighted by Crippen LogP contribution is -2.48. The molecule has 2 rings (SSSR count). The molecule has 1 fully saturated rings. The number of carbonyl (C=O) groups excluding carboxylic acids is 2. The zero-order valence-electron chi connectivity index (χ0n) is 10.5. The topological polar surface area (TPSA) is 72.6 Å². The van der Waals surface area contributed by atoms with Gasteiger partial charge < -0.3 is 14.1 Å². The number of amides is 1. The van der Waals surface area contributed by atoms with Crippen molar-refractivity contribution in [1.82, 2.24) is 9.88 Å². The summed E-state index contributed by atoms with van der Waals surface area (Å²) >= 11 is 0. The van der Waals surface area contributed by atoms with Gasteiger partial charge in [-0.15, -0.1) is 0 Å². The van der Waals surface area contributed by atoms with Crippen LogP contribution in [0.4, 0.5) is 0 Å². The largest absolute Gasteiger partial charge is 0.467 e. The minimum atomic E-state index is -0.513. The number of ether oxygens (including phenoxy) is 1. The monoisotopic (exact) mass is 252 g/mol. The molecule has 1 atom stereocenters. The molecule has 1 unspecified atom stereocenters. The maximum Gasteiger partial charge on any atom is 0.328 e. The zero-order valence-corrected chi connectivity index (χ0v) is 10.5. The molecule has 0 radical (unpaired) electrons. The fraction of sp³-hybridized carbons (Fsp3) is 0.583. The highest BCUT2D eigenvalue weighted by atomic mass is 16.5. The van der Waals surface area contributed by atoms with E-state index in [1.165, 1.54) is 18.4 Å². The summed E-state index contributed by atoms with van der Waals surface area (Å²) in [5.74, 6) is -0.467. The van der Waals surface area contributed by atoms with Crippen LogP contribution in [0.2, 0.25) is 0 Å². The van der Waals surface area contributed by atoms with Crippen molar-refractivity contribution in [3.05, 3.63) is 17.8 Å². The summed E-state index contributed by atoms with van der Waals surface area (Å²) in [5, 5.41) is 0. The van der Waals surface area contributed by atoms with Gasteiger partial charge in [-0.2, -0.15) is 0 Å². The molecule has 0 bridgehead atoms. The fourth-order valence-electron chi connectivity index (χ4n) is 2.19. The van der Waals surface area contributed by atoms with Crippen molar-refractivity contribution >= 4 is 11.9 Å². The summed E-state index contributed by atoms with van der Waals surface area (Å²) in [7, 11) is 1.33.